The van der Waals surface area contributed by atoms with Gasteiger partial charge >= 0.3 is 0 Å². The Kier molecular flexibility index (Phi) is 13.5. The van der Waals surface area contributed by atoms with Crippen LogP contribution in [0.4, 0.5) is 5.69 Å². The minimum Gasteiger partial charge on any atom is -0.372 e. The van der Waals surface area contributed by atoms with E-state index in [4.69, 9.17) is 0 Å². The Bertz CT molecular complexity index is 674. The minimum absolute atomic E-state index is 1.19. The van der Waals surface area contributed by atoms with Crippen molar-refractivity contribution in [1.82, 2.24) is 4.98 Å². The molecule has 0 spiro atoms. The lowest BCUT2D eigenvalue weighted by atomic mass is 10.1. The van der Waals surface area contributed by atoms with E-state index in [1.807, 2.05) is 24.5 Å². The van der Waals surface area contributed by atoms with Gasteiger partial charge in [-0.15, -0.1) is 0 Å². The maximum Gasteiger partial charge on any atom is 0.0366 e. The van der Waals surface area contributed by atoms with Crippen molar-refractivity contribution < 1.29 is 0 Å². The van der Waals surface area contributed by atoms with Crippen LogP contribution in [0.3, 0.4) is 0 Å². The predicted octanol–water partition coefficient (Wildman–Crippen LogP) is 8.78. The van der Waals surface area contributed by atoms with E-state index in [1.165, 1.54) is 107 Å². The molecule has 2 rings (SSSR count). The van der Waals surface area contributed by atoms with E-state index in [-0.39, 0.29) is 0 Å². The normalized spacial score (nSPS) is 11.3. The van der Waals surface area contributed by atoms with Crippen LogP contribution in [0.15, 0.2) is 48.8 Å². The van der Waals surface area contributed by atoms with Crippen molar-refractivity contribution in [3.05, 3.63) is 59.9 Å². The van der Waals surface area contributed by atoms with E-state index in [9.17, 15) is 0 Å². The fourth-order valence-corrected chi connectivity index (χ4v) is 4.00. The Morgan fingerprint density at radius 1 is 0.581 bits per heavy atom. The molecule has 0 amide bonds. The third-order valence-electron chi connectivity index (χ3n) is 6.00. The van der Waals surface area contributed by atoms with Gasteiger partial charge in [-0.3, -0.25) is 4.98 Å². The molecule has 1 heterocycles. The van der Waals surface area contributed by atoms with Crippen molar-refractivity contribution in [3.63, 3.8) is 0 Å². The largest absolute Gasteiger partial charge is 0.372 e. The predicted molar refractivity (Wildman–Crippen MR) is 139 cm³/mol. The number of hydrogen-bond donors (Lipinski definition) is 0. The third kappa shape index (κ3) is 11.2. The highest BCUT2D eigenvalue weighted by atomic mass is 15.1. The van der Waals surface area contributed by atoms with Gasteiger partial charge < -0.3 is 4.90 Å². The third-order valence-corrected chi connectivity index (χ3v) is 6.00. The van der Waals surface area contributed by atoms with E-state index in [2.05, 4.69) is 60.1 Å². The van der Waals surface area contributed by atoms with Crippen LogP contribution in [0.5, 0.6) is 0 Å². The van der Waals surface area contributed by atoms with Gasteiger partial charge in [0.05, 0.1) is 0 Å². The van der Waals surface area contributed by atoms with Crippen LogP contribution in [0.1, 0.15) is 102 Å². The smallest absolute Gasteiger partial charge is 0.0366 e. The Balaban J connectivity index is 1.87. The van der Waals surface area contributed by atoms with Crippen molar-refractivity contribution in [2.24, 2.45) is 0 Å². The molecule has 1 aromatic heterocycles. The molecular formula is C29H44N2. The van der Waals surface area contributed by atoms with E-state index < -0.39 is 0 Å². The van der Waals surface area contributed by atoms with Gasteiger partial charge in [-0.05, 0) is 48.2 Å². The molecular weight excluding hydrogens is 376 g/mol. The average molecular weight is 421 g/mol. The highest BCUT2D eigenvalue weighted by Crippen LogP contribution is 2.19. The quantitative estimate of drug-likeness (QED) is 0.238. The molecule has 170 valence electrons. The van der Waals surface area contributed by atoms with Crippen LogP contribution in [-0.4, -0.2) is 18.1 Å². The summed E-state index contributed by atoms with van der Waals surface area (Å²) in [5, 5.41) is 0. The summed E-state index contributed by atoms with van der Waals surface area (Å²) >= 11 is 0. The van der Waals surface area contributed by atoms with Crippen molar-refractivity contribution in [2.45, 2.75) is 90.9 Å². The topological polar surface area (TPSA) is 16.1 Å². The van der Waals surface area contributed by atoms with Gasteiger partial charge in [-0.1, -0.05) is 102 Å². The Morgan fingerprint density at radius 3 is 1.55 bits per heavy atom. The van der Waals surface area contributed by atoms with E-state index in [0.29, 0.717) is 0 Å². The van der Waals surface area contributed by atoms with Crippen molar-refractivity contribution in [1.29, 1.82) is 0 Å². The number of benzene rings is 1. The summed E-state index contributed by atoms with van der Waals surface area (Å²) in [6, 6.07) is 13.2. The highest BCUT2D eigenvalue weighted by Gasteiger charge is 2.06. The number of hydrogen-bond acceptors (Lipinski definition) is 2. The lowest BCUT2D eigenvalue weighted by Gasteiger charge is -2.25. The second-order valence-corrected chi connectivity index (χ2v) is 8.73. The average Bonchev–Trinajstić information content (AvgIpc) is 2.82. The van der Waals surface area contributed by atoms with Crippen LogP contribution in [0.2, 0.25) is 0 Å². The number of rotatable bonds is 17. The van der Waals surface area contributed by atoms with Crippen LogP contribution < -0.4 is 4.90 Å². The first-order chi connectivity index (χ1) is 15.3. The maximum absolute atomic E-state index is 4.08. The van der Waals surface area contributed by atoms with Crippen molar-refractivity contribution >= 4 is 17.8 Å². The molecule has 1 aromatic carbocycles. The zero-order chi connectivity index (χ0) is 22.0. The maximum atomic E-state index is 4.08. The molecule has 0 radical (unpaired) electrons. The number of unbranched alkanes of at least 4 members (excludes halogenated alkanes) is 10. The number of pyridine rings is 1. The summed E-state index contributed by atoms with van der Waals surface area (Å²) in [5.41, 5.74) is 3.81. The van der Waals surface area contributed by atoms with Gasteiger partial charge in [0.2, 0.25) is 0 Å². The SMILES string of the molecule is CCCCCCCCN(CCCCCCCC)c1ccc(C=Cc2ccncc2)cc1. The zero-order valence-corrected chi connectivity index (χ0v) is 20.1. The Hall–Kier alpha value is -2.09. The van der Waals surface area contributed by atoms with Gasteiger partial charge in [0.25, 0.3) is 0 Å². The second-order valence-electron chi connectivity index (χ2n) is 8.73. The lowest BCUT2D eigenvalue weighted by molar-refractivity contribution is 0.575. The first kappa shape index (κ1) is 25.2. The zero-order valence-electron chi connectivity index (χ0n) is 20.1. The second kappa shape index (κ2) is 16.6. The molecule has 0 aliphatic heterocycles. The molecule has 31 heavy (non-hydrogen) atoms. The molecule has 0 saturated heterocycles. The molecule has 0 aliphatic rings. The fourth-order valence-electron chi connectivity index (χ4n) is 4.00. The van der Waals surface area contributed by atoms with Gasteiger partial charge in [0.15, 0.2) is 0 Å². The first-order valence-electron chi connectivity index (χ1n) is 12.8. The Morgan fingerprint density at radius 2 is 1.03 bits per heavy atom. The molecule has 0 saturated carbocycles. The summed E-state index contributed by atoms with van der Waals surface area (Å²) in [7, 11) is 0. The molecule has 0 bridgehead atoms. The summed E-state index contributed by atoms with van der Waals surface area (Å²) in [5.74, 6) is 0. The van der Waals surface area contributed by atoms with Crippen LogP contribution in [-0.2, 0) is 0 Å². The molecule has 0 N–H and O–H groups in total. The molecule has 2 nitrogen and oxygen atoms in total. The fraction of sp³-hybridized carbons (Fsp3) is 0.552. The summed E-state index contributed by atoms with van der Waals surface area (Å²) in [6.45, 7) is 6.96. The van der Waals surface area contributed by atoms with E-state index in [0.717, 1.165) is 0 Å². The van der Waals surface area contributed by atoms with Gasteiger partial charge in [-0.2, -0.15) is 0 Å². The first-order valence-corrected chi connectivity index (χ1v) is 12.8. The van der Waals surface area contributed by atoms with Crippen molar-refractivity contribution in [3.8, 4) is 0 Å². The molecule has 2 heteroatoms. The summed E-state index contributed by atoms with van der Waals surface area (Å²) in [6.07, 6.45) is 24.3. The molecule has 0 aliphatic carbocycles. The van der Waals surface area contributed by atoms with E-state index in [1.54, 1.807) is 0 Å². The van der Waals surface area contributed by atoms with Crippen LogP contribution >= 0.6 is 0 Å². The molecule has 0 fully saturated rings. The number of anilines is 1. The molecule has 0 atom stereocenters. The summed E-state index contributed by atoms with van der Waals surface area (Å²) in [4.78, 5) is 6.70. The summed E-state index contributed by atoms with van der Waals surface area (Å²) < 4.78 is 0. The molecule has 2 aromatic rings. The lowest BCUT2D eigenvalue weighted by Crippen LogP contribution is -2.25. The van der Waals surface area contributed by atoms with Crippen molar-refractivity contribution in [2.75, 3.05) is 18.0 Å². The van der Waals surface area contributed by atoms with Crippen LogP contribution in [0, 0.1) is 0 Å². The van der Waals surface area contributed by atoms with Crippen LogP contribution in [0.25, 0.3) is 12.2 Å². The minimum atomic E-state index is 1.19. The van der Waals surface area contributed by atoms with Gasteiger partial charge in [0, 0.05) is 31.2 Å². The van der Waals surface area contributed by atoms with Gasteiger partial charge in [-0.25, -0.2) is 0 Å². The number of aromatic nitrogens is 1. The Labute approximate surface area is 191 Å². The highest BCUT2D eigenvalue weighted by molar-refractivity contribution is 5.70. The van der Waals surface area contributed by atoms with E-state index >= 15 is 0 Å². The van der Waals surface area contributed by atoms with Gasteiger partial charge in [0.1, 0.15) is 0 Å². The standard InChI is InChI=1S/C29H44N2/c1-3-5-7-9-11-13-25-31(26-14-12-10-8-6-4-2)29-19-17-27(18-20-29)15-16-28-21-23-30-24-22-28/h15-24H,3-14,25-26H2,1-2H3. The monoisotopic (exact) mass is 420 g/mol. The molecule has 0 unspecified atom stereocenters. The number of nitrogens with zero attached hydrogens (tertiary/aromatic N) is 2.